The van der Waals surface area contributed by atoms with Gasteiger partial charge in [0.15, 0.2) is 9.84 Å². The first kappa shape index (κ1) is 10.5. The molecule has 5 nitrogen and oxygen atoms in total. The van der Waals surface area contributed by atoms with Gasteiger partial charge in [0.2, 0.25) is 0 Å². The zero-order valence-electron chi connectivity index (χ0n) is 8.78. The number of nitrogens with one attached hydrogen (secondary N) is 1. The second-order valence-electron chi connectivity index (χ2n) is 4.18. The summed E-state index contributed by atoms with van der Waals surface area (Å²) >= 11 is 0. The van der Waals surface area contributed by atoms with Crippen molar-refractivity contribution in [3.63, 3.8) is 0 Å². The van der Waals surface area contributed by atoms with Gasteiger partial charge in [0, 0.05) is 18.2 Å². The standard InChI is InChI=1S/C9H14N2O3S/c1-6(2)11-9(12)7-5-15(13,14)4-3-8(7)10-11/h6,10H,3-5H2,1-2H3. The highest BCUT2D eigenvalue weighted by atomic mass is 32.2. The smallest absolute Gasteiger partial charge is 0.271 e. The summed E-state index contributed by atoms with van der Waals surface area (Å²) in [5, 5.41) is 2.98. The molecule has 0 saturated heterocycles. The van der Waals surface area contributed by atoms with Crippen LogP contribution in [-0.4, -0.2) is 24.0 Å². The van der Waals surface area contributed by atoms with Crippen LogP contribution in [0.2, 0.25) is 0 Å². The Balaban J connectivity index is 2.57. The molecule has 0 saturated carbocycles. The van der Waals surface area contributed by atoms with Crippen LogP contribution in [0.3, 0.4) is 0 Å². The monoisotopic (exact) mass is 230 g/mol. The second kappa shape index (κ2) is 3.23. The summed E-state index contributed by atoms with van der Waals surface area (Å²) in [7, 11) is -3.06. The van der Waals surface area contributed by atoms with Crippen LogP contribution in [0, 0.1) is 0 Å². The van der Waals surface area contributed by atoms with Gasteiger partial charge in [0.05, 0.1) is 17.1 Å². The molecule has 1 aromatic heterocycles. The first-order valence-corrected chi connectivity index (χ1v) is 6.75. The number of aromatic amines is 1. The Morgan fingerprint density at radius 1 is 1.40 bits per heavy atom. The van der Waals surface area contributed by atoms with Crippen LogP contribution in [0.15, 0.2) is 4.79 Å². The van der Waals surface area contributed by atoms with Crippen molar-refractivity contribution < 1.29 is 8.42 Å². The number of aryl methyl sites for hydroxylation is 1. The Morgan fingerprint density at radius 3 is 2.67 bits per heavy atom. The van der Waals surface area contributed by atoms with E-state index in [1.807, 2.05) is 13.8 Å². The lowest BCUT2D eigenvalue weighted by Gasteiger charge is -2.09. The highest BCUT2D eigenvalue weighted by Gasteiger charge is 2.27. The molecule has 6 heteroatoms. The molecular formula is C9H14N2O3S. The van der Waals surface area contributed by atoms with E-state index in [9.17, 15) is 13.2 Å². The summed E-state index contributed by atoms with van der Waals surface area (Å²) in [4.78, 5) is 11.8. The number of fused-ring (bicyclic) bond motifs is 1. The van der Waals surface area contributed by atoms with Gasteiger partial charge < -0.3 is 0 Å². The molecule has 0 aliphatic carbocycles. The molecular weight excluding hydrogens is 216 g/mol. The van der Waals surface area contributed by atoms with Crippen molar-refractivity contribution in [3.05, 3.63) is 21.6 Å². The van der Waals surface area contributed by atoms with E-state index in [0.29, 0.717) is 12.0 Å². The first-order chi connectivity index (χ1) is 6.91. The van der Waals surface area contributed by atoms with Crippen molar-refractivity contribution in [2.24, 2.45) is 0 Å². The maximum atomic E-state index is 11.8. The molecule has 0 amide bonds. The van der Waals surface area contributed by atoms with Crippen molar-refractivity contribution in [2.75, 3.05) is 5.75 Å². The van der Waals surface area contributed by atoms with Crippen LogP contribution in [0.25, 0.3) is 0 Å². The minimum absolute atomic E-state index is 0.0332. The number of H-pyrrole nitrogens is 1. The molecule has 1 aromatic rings. The fraction of sp³-hybridized carbons (Fsp3) is 0.667. The van der Waals surface area contributed by atoms with Crippen molar-refractivity contribution >= 4 is 9.84 Å². The first-order valence-electron chi connectivity index (χ1n) is 4.93. The topological polar surface area (TPSA) is 71.9 Å². The lowest BCUT2D eigenvalue weighted by atomic mass is 10.2. The number of hydrogen-bond donors (Lipinski definition) is 1. The maximum absolute atomic E-state index is 11.8. The summed E-state index contributed by atoms with van der Waals surface area (Å²) in [6, 6.07) is 0.0332. The minimum atomic E-state index is -3.06. The van der Waals surface area contributed by atoms with Gasteiger partial charge in [-0.05, 0) is 13.8 Å². The average molecular weight is 230 g/mol. The van der Waals surface area contributed by atoms with Crippen LogP contribution in [0.5, 0.6) is 0 Å². The Morgan fingerprint density at radius 2 is 2.07 bits per heavy atom. The van der Waals surface area contributed by atoms with Gasteiger partial charge in [-0.15, -0.1) is 0 Å². The lowest BCUT2D eigenvalue weighted by molar-refractivity contribution is 0.512. The number of aromatic nitrogens is 2. The van der Waals surface area contributed by atoms with E-state index in [2.05, 4.69) is 5.10 Å². The molecule has 0 unspecified atom stereocenters. The summed E-state index contributed by atoms with van der Waals surface area (Å²) in [5.41, 5.74) is 1.02. The molecule has 15 heavy (non-hydrogen) atoms. The third kappa shape index (κ3) is 1.73. The third-order valence-electron chi connectivity index (χ3n) is 2.64. The van der Waals surface area contributed by atoms with E-state index in [-0.39, 0.29) is 23.1 Å². The van der Waals surface area contributed by atoms with Gasteiger partial charge >= 0.3 is 0 Å². The Labute approximate surface area is 88.0 Å². The van der Waals surface area contributed by atoms with E-state index in [1.54, 1.807) is 0 Å². The van der Waals surface area contributed by atoms with E-state index >= 15 is 0 Å². The largest absolute Gasteiger partial charge is 0.299 e. The quantitative estimate of drug-likeness (QED) is 0.750. The van der Waals surface area contributed by atoms with E-state index in [0.717, 1.165) is 5.69 Å². The Bertz CT molecular complexity index is 536. The highest BCUT2D eigenvalue weighted by Crippen LogP contribution is 2.16. The second-order valence-corrected chi connectivity index (χ2v) is 6.36. The van der Waals surface area contributed by atoms with Gasteiger partial charge in [-0.1, -0.05) is 0 Å². The lowest BCUT2D eigenvalue weighted by Crippen LogP contribution is -2.25. The number of hydrogen-bond acceptors (Lipinski definition) is 3. The molecule has 1 aliphatic rings. The summed E-state index contributed by atoms with van der Waals surface area (Å²) in [5.74, 6) is 0.0232. The number of rotatable bonds is 1. The molecule has 0 fully saturated rings. The zero-order valence-corrected chi connectivity index (χ0v) is 9.60. The summed E-state index contributed by atoms with van der Waals surface area (Å²) < 4.78 is 24.3. The predicted molar refractivity (Wildman–Crippen MR) is 56.6 cm³/mol. The molecule has 2 rings (SSSR count). The molecule has 0 atom stereocenters. The van der Waals surface area contributed by atoms with Gasteiger partial charge in [0.1, 0.15) is 0 Å². The molecule has 0 radical (unpaired) electrons. The van der Waals surface area contributed by atoms with Crippen LogP contribution in [-0.2, 0) is 22.0 Å². The fourth-order valence-corrected chi connectivity index (χ4v) is 3.20. The van der Waals surface area contributed by atoms with Gasteiger partial charge in [-0.25, -0.2) is 8.42 Å². The van der Waals surface area contributed by atoms with Crippen LogP contribution in [0.4, 0.5) is 0 Å². The van der Waals surface area contributed by atoms with Crippen LogP contribution < -0.4 is 5.56 Å². The normalized spacial score (nSPS) is 19.1. The van der Waals surface area contributed by atoms with Gasteiger partial charge in [-0.3, -0.25) is 14.6 Å². The SMILES string of the molecule is CC(C)n1[nH]c2c(c1=O)CS(=O)(=O)CC2. The molecule has 2 heterocycles. The maximum Gasteiger partial charge on any atom is 0.271 e. The fourth-order valence-electron chi connectivity index (χ4n) is 1.81. The minimum Gasteiger partial charge on any atom is -0.299 e. The third-order valence-corrected chi connectivity index (χ3v) is 4.19. The molecule has 0 spiro atoms. The number of sulfone groups is 1. The van der Waals surface area contributed by atoms with Crippen molar-refractivity contribution in [1.29, 1.82) is 0 Å². The zero-order chi connectivity index (χ0) is 11.2. The predicted octanol–water partition coefficient (Wildman–Crippen LogP) is 0.228. The van der Waals surface area contributed by atoms with E-state index < -0.39 is 9.84 Å². The number of nitrogens with zero attached hydrogens (tertiary/aromatic N) is 1. The summed E-state index contributed by atoms with van der Waals surface area (Å²) in [6.45, 7) is 3.77. The van der Waals surface area contributed by atoms with Crippen molar-refractivity contribution in [3.8, 4) is 0 Å². The Kier molecular flexibility index (Phi) is 2.26. The van der Waals surface area contributed by atoms with E-state index in [4.69, 9.17) is 0 Å². The van der Waals surface area contributed by atoms with E-state index in [1.165, 1.54) is 4.68 Å². The average Bonchev–Trinajstić information content (AvgIpc) is 2.42. The molecule has 84 valence electrons. The van der Waals surface area contributed by atoms with Gasteiger partial charge in [-0.2, -0.15) is 0 Å². The molecule has 1 N–H and O–H groups in total. The summed E-state index contributed by atoms with van der Waals surface area (Å²) in [6.07, 6.45) is 0.423. The molecule has 0 bridgehead atoms. The van der Waals surface area contributed by atoms with Crippen molar-refractivity contribution in [1.82, 2.24) is 9.78 Å². The van der Waals surface area contributed by atoms with Crippen LogP contribution in [0.1, 0.15) is 31.1 Å². The van der Waals surface area contributed by atoms with Crippen LogP contribution >= 0.6 is 0 Å². The van der Waals surface area contributed by atoms with Crippen molar-refractivity contribution in [2.45, 2.75) is 32.1 Å². The highest BCUT2D eigenvalue weighted by molar-refractivity contribution is 7.90. The molecule has 0 aromatic carbocycles. The Hall–Kier alpha value is -1.04. The van der Waals surface area contributed by atoms with Gasteiger partial charge in [0.25, 0.3) is 5.56 Å². The molecule has 1 aliphatic heterocycles.